The first-order valence-corrected chi connectivity index (χ1v) is 8.75. The lowest BCUT2D eigenvalue weighted by Gasteiger charge is -2.32. The predicted octanol–water partition coefficient (Wildman–Crippen LogP) is 2.55. The summed E-state index contributed by atoms with van der Waals surface area (Å²) in [6.07, 6.45) is 8.41. The SMILES string of the molecule is CCC1CCC(=O)C(CN2CCCN3CCCC3C2)C1. The van der Waals surface area contributed by atoms with E-state index in [1.807, 2.05) is 0 Å². The highest BCUT2D eigenvalue weighted by atomic mass is 16.1. The van der Waals surface area contributed by atoms with Crippen LogP contribution in [0.1, 0.15) is 51.9 Å². The maximum Gasteiger partial charge on any atom is 0.137 e. The van der Waals surface area contributed by atoms with E-state index >= 15 is 0 Å². The molecule has 1 saturated carbocycles. The number of ketones is 1. The van der Waals surface area contributed by atoms with Gasteiger partial charge in [0.15, 0.2) is 0 Å². The zero-order valence-corrected chi connectivity index (χ0v) is 13.0. The van der Waals surface area contributed by atoms with Crippen LogP contribution in [-0.2, 0) is 4.79 Å². The van der Waals surface area contributed by atoms with Crippen LogP contribution in [0.5, 0.6) is 0 Å². The molecule has 1 aliphatic carbocycles. The van der Waals surface area contributed by atoms with Gasteiger partial charge in [-0.2, -0.15) is 0 Å². The molecule has 0 aromatic heterocycles. The van der Waals surface area contributed by atoms with Crippen molar-refractivity contribution in [1.82, 2.24) is 9.80 Å². The topological polar surface area (TPSA) is 23.6 Å². The van der Waals surface area contributed by atoms with E-state index in [1.54, 1.807) is 0 Å². The second kappa shape index (κ2) is 6.57. The number of rotatable bonds is 3. The lowest BCUT2D eigenvalue weighted by molar-refractivity contribution is -0.126. The predicted molar refractivity (Wildman–Crippen MR) is 81.8 cm³/mol. The summed E-state index contributed by atoms with van der Waals surface area (Å²) in [5, 5.41) is 0. The minimum absolute atomic E-state index is 0.335. The van der Waals surface area contributed by atoms with E-state index in [-0.39, 0.29) is 0 Å². The molecule has 3 aliphatic rings. The zero-order chi connectivity index (χ0) is 13.9. The van der Waals surface area contributed by atoms with Crippen molar-refractivity contribution in [1.29, 1.82) is 0 Å². The van der Waals surface area contributed by atoms with Crippen LogP contribution < -0.4 is 0 Å². The van der Waals surface area contributed by atoms with Crippen LogP contribution in [0.2, 0.25) is 0 Å². The average molecular weight is 278 g/mol. The third-order valence-electron chi connectivity index (χ3n) is 5.82. The number of nitrogens with zero attached hydrogens (tertiary/aromatic N) is 2. The first-order chi connectivity index (χ1) is 9.76. The van der Waals surface area contributed by atoms with Crippen LogP contribution in [0.25, 0.3) is 0 Å². The molecule has 0 spiro atoms. The van der Waals surface area contributed by atoms with Crippen LogP contribution in [0.4, 0.5) is 0 Å². The standard InChI is InChI=1S/C17H30N2O/c1-2-14-6-7-17(20)15(11-14)12-18-8-4-10-19-9-3-5-16(19)13-18/h14-16H,2-13H2,1H3. The molecule has 2 heterocycles. The minimum Gasteiger partial charge on any atom is -0.301 e. The van der Waals surface area contributed by atoms with Crippen molar-refractivity contribution in [2.75, 3.05) is 32.7 Å². The molecule has 2 aliphatic heterocycles. The number of carbonyl (C=O) groups is 1. The van der Waals surface area contributed by atoms with Gasteiger partial charge in [0, 0.05) is 31.5 Å². The van der Waals surface area contributed by atoms with Gasteiger partial charge in [-0.15, -0.1) is 0 Å². The van der Waals surface area contributed by atoms with Gasteiger partial charge in [-0.05, 0) is 57.7 Å². The Balaban J connectivity index is 1.57. The second-order valence-electron chi connectivity index (χ2n) is 7.16. The highest BCUT2D eigenvalue weighted by Gasteiger charge is 2.33. The van der Waals surface area contributed by atoms with Gasteiger partial charge in [-0.1, -0.05) is 13.3 Å². The highest BCUT2D eigenvalue weighted by Crippen LogP contribution is 2.30. The first kappa shape index (κ1) is 14.5. The Kier molecular flexibility index (Phi) is 4.77. The van der Waals surface area contributed by atoms with E-state index in [0.717, 1.165) is 37.8 Å². The molecule has 3 fully saturated rings. The Morgan fingerprint density at radius 2 is 2.00 bits per heavy atom. The van der Waals surface area contributed by atoms with Gasteiger partial charge in [0.25, 0.3) is 0 Å². The molecule has 0 N–H and O–H groups in total. The van der Waals surface area contributed by atoms with Gasteiger partial charge in [-0.25, -0.2) is 0 Å². The quantitative estimate of drug-likeness (QED) is 0.792. The molecule has 3 heteroatoms. The molecule has 20 heavy (non-hydrogen) atoms. The fourth-order valence-electron chi connectivity index (χ4n) is 4.51. The van der Waals surface area contributed by atoms with Crippen molar-refractivity contribution in [3.8, 4) is 0 Å². The molecule has 114 valence electrons. The smallest absolute Gasteiger partial charge is 0.137 e. The molecule has 0 aromatic carbocycles. The number of hydrogen-bond acceptors (Lipinski definition) is 3. The van der Waals surface area contributed by atoms with E-state index in [4.69, 9.17) is 0 Å². The van der Waals surface area contributed by atoms with Gasteiger partial charge in [-0.3, -0.25) is 9.69 Å². The van der Waals surface area contributed by atoms with Crippen molar-refractivity contribution in [2.45, 2.75) is 57.9 Å². The van der Waals surface area contributed by atoms with Gasteiger partial charge in [0.05, 0.1) is 0 Å². The van der Waals surface area contributed by atoms with Crippen molar-refractivity contribution in [3.05, 3.63) is 0 Å². The molecule has 3 nitrogen and oxygen atoms in total. The van der Waals surface area contributed by atoms with Crippen LogP contribution in [0.15, 0.2) is 0 Å². The Morgan fingerprint density at radius 3 is 2.85 bits per heavy atom. The lowest BCUT2D eigenvalue weighted by Crippen LogP contribution is -2.41. The normalized spacial score (nSPS) is 36.9. The molecule has 3 atom stereocenters. The minimum atomic E-state index is 0.335. The third kappa shape index (κ3) is 3.25. The van der Waals surface area contributed by atoms with E-state index in [9.17, 15) is 4.79 Å². The fourth-order valence-corrected chi connectivity index (χ4v) is 4.51. The van der Waals surface area contributed by atoms with Crippen LogP contribution in [-0.4, -0.2) is 54.3 Å². The summed E-state index contributed by atoms with van der Waals surface area (Å²) < 4.78 is 0. The molecule has 0 aromatic rings. The number of carbonyl (C=O) groups excluding carboxylic acids is 1. The van der Waals surface area contributed by atoms with E-state index in [1.165, 1.54) is 51.9 Å². The summed E-state index contributed by atoms with van der Waals surface area (Å²) >= 11 is 0. The second-order valence-corrected chi connectivity index (χ2v) is 7.16. The molecule has 0 radical (unpaired) electrons. The summed E-state index contributed by atoms with van der Waals surface area (Å²) in [6, 6.07) is 0.776. The van der Waals surface area contributed by atoms with Crippen LogP contribution >= 0.6 is 0 Å². The maximum atomic E-state index is 12.2. The largest absolute Gasteiger partial charge is 0.301 e. The number of Topliss-reactive ketones (excluding diaryl/α,β-unsaturated/α-hetero) is 1. The highest BCUT2D eigenvalue weighted by molar-refractivity contribution is 5.81. The monoisotopic (exact) mass is 278 g/mol. The Morgan fingerprint density at radius 1 is 1.15 bits per heavy atom. The molecule has 3 rings (SSSR count). The summed E-state index contributed by atoms with van der Waals surface area (Å²) in [4.78, 5) is 17.5. The maximum absolute atomic E-state index is 12.2. The number of hydrogen-bond donors (Lipinski definition) is 0. The molecule has 0 amide bonds. The van der Waals surface area contributed by atoms with Gasteiger partial charge >= 0.3 is 0 Å². The summed E-state index contributed by atoms with van der Waals surface area (Å²) in [7, 11) is 0. The molecule has 0 bridgehead atoms. The van der Waals surface area contributed by atoms with Gasteiger partial charge in [0.1, 0.15) is 5.78 Å². The van der Waals surface area contributed by atoms with Crippen molar-refractivity contribution < 1.29 is 4.79 Å². The zero-order valence-electron chi connectivity index (χ0n) is 13.0. The van der Waals surface area contributed by atoms with Crippen LogP contribution in [0, 0.1) is 11.8 Å². The summed E-state index contributed by atoms with van der Waals surface area (Å²) in [5.74, 6) is 1.68. The first-order valence-electron chi connectivity index (χ1n) is 8.75. The summed E-state index contributed by atoms with van der Waals surface area (Å²) in [5.41, 5.74) is 0. The van der Waals surface area contributed by atoms with E-state index in [0.29, 0.717) is 11.7 Å². The van der Waals surface area contributed by atoms with Crippen molar-refractivity contribution >= 4 is 5.78 Å². The van der Waals surface area contributed by atoms with Gasteiger partial charge < -0.3 is 4.90 Å². The third-order valence-corrected chi connectivity index (χ3v) is 5.82. The fraction of sp³-hybridized carbons (Fsp3) is 0.941. The van der Waals surface area contributed by atoms with Gasteiger partial charge in [0.2, 0.25) is 0 Å². The average Bonchev–Trinajstić information content (AvgIpc) is 2.80. The summed E-state index contributed by atoms with van der Waals surface area (Å²) in [6.45, 7) is 8.31. The van der Waals surface area contributed by atoms with E-state index in [2.05, 4.69) is 16.7 Å². The Hall–Kier alpha value is -0.410. The van der Waals surface area contributed by atoms with E-state index < -0.39 is 0 Å². The molecule has 2 saturated heterocycles. The van der Waals surface area contributed by atoms with Crippen molar-refractivity contribution in [3.63, 3.8) is 0 Å². The molecular weight excluding hydrogens is 248 g/mol. The Bertz CT molecular complexity index is 344. The Labute approximate surface area is 123 Å². The van der Waals surface area contributed by atoms with Crippen LogP contribution in [0.3, 0.4) is 0 Å². The van der Waals surface area contributed by atoms with Crippen molar-refractivity contribution in [2.24, 2.45) is 11.8 Å². The molecular formula is C17H30N2O. The number of fused-ring (bicyclic) bond motifs is 1. The lowest BCUT2D eigenvalue weighted by atomic mass is 9.79. The molecule has 3 unspecified atom stereocenters.